The molecule has 24 heavy (non-hydrogen) atoms. The Labute approximate surface area is 139 Å². The summed E-state index contributed by atoms with van der Waals surface area (Å²) in [5, 5.41) is 0. The van der Waals surface area contributed by atoms with E-state index in [0.717, 1.165) is 24.3 Å². The van der Waals surface area contributed by atoms with Gasteiger partial charge in [0.2, 0.25) is 5.91 Å². The lowest BCUT2D eigenvalue weighted by molar-refractivity contribution is -0.140. The first kappa shape index (κ1) is 19.8. The van der Waals surface area contributed by atoms with Gasteiger partial charge in [0.05, 0.1) is 12.1 Å². The van der Waals surface area contributed by atoms with Crippen molar-refractivity contribution in [2.24, 2.45) is 0 Å². The van der Waals surface area contributed by atoms with Crippen LogP contribution in [0.4, 0.5) is 13.2 Å². The van der Waals surface area contributed by atoms with Gasteiger partial charge in [-0.1, -0.05) is 0 Å². The van der Waals surface area contributed by atoms with Crippen molar-refractivity contribution in [3.63, 3.8) is 0 Å². The molecule has 0 aliphatic carbocycles. The zero-order chi connectivity index (χ0) is 18.3. The highest BCUT2D eigenvalue weighted by Gasteiger charge is 2.30. The fourth-order valence-corrected chi connectivity index (χ4v) is 1.96. The summed E-state index contributed by atoms with van der Waals surface area (Å²) in [5.74, 6) is -0.458. The minimum Gasteiger partial charge on any atom is -0.484 e. The second kappa shape index (κ2) is 8.56. The van der Waals surface area contributed by atoms with Crippen molar-refractivity contribution in [1.29, 1.82) is 0 Å². The van der Waals surface area contributed by atoms with Crippen molar-refractivity contribution in [3.05, 3.63) is 29.8 Å². The van der Waals surface area contributed by atoms with Crippen LogP contribution in [0.25, 0.3) is 0 Å². The van der Waals surface area contributed by atoms with Crippen LogP contribution in [0.3, 0.4) is 0 Å². The van der Waals surface area contributed by atoms with Crippen molar-refractivity contribution in [3.8, 4) is 5.75 Å². The maximum absolute atomic E-state index is 12.4. The van der Waals surface area contributed by atoms with Crippen molar-refractivity contribution < 1.29 is 27.5 Å². The Hall–Kier alpha value is -2.25. The molecule has 0 radical (unpaired) electrons. The van der Waals surface area contributed by atoms with Gasteiger partial charge in [0.1, 0.15) is 5.75 Å². The van der Waals surface area contributed by atoms with Gasteiger partial charge in [0.25, 0.3) is 5.91 Å². The van der Waals surface area contributed by atoms with E-state index in [1.807, 2.05) is 13.8 Å². The normalized spacial score (nSPS) is 11.1. The maximum atomic E-state index is 12.4. The van der Waals surface area contributed by atoms with Crippen molar-refractivity contribution in [2.45, 2.75) is 20.0 Å². The number of nitrogens with zero attached hydrogens (tertiary/aromatic N) is 2. The van der Waals surface area contributed by atoms with Crippen LogP contribution in [0.1, 0.15) is 19.4 Å². The lowest BCUT2D eigenvalue weighted by Crippen LogP contribution is -2.42. The summed E-state index contributed by atoms with van der Waals surface area (Å²) >= 11 is 0. The Morgan fingerprint density at radius 3 is 2.04 bits per heavy atom. The van der Waals surface area contributed by atoms with E-state index in [0.29, 0.717) is 13.1 Å². The van der Waals surface area contributed by atoms with Crippen LogP contribution in [0, 0.1) is 0 Å². The summed E-state index contributed by atoms with van der Waals surface area (Å²) in [7, 11) is 1.47. The molecule has 0 fully saturated rings. The Morgan fingerprint density at radius 2 is 1.58 bits per heavy atom. The number of hydrogen-bond acceptors (Lipinski definition) is 3. The number of halogens is 3. The number of likely N-dealkylation sites (N-methyl/N-ethyl adjacent to an activating group) is 2. The second-order valence-corrected chi connectivity index (χ2v) is 5.13. The van der Waals surface area contributed by atoms with Gasteiger partial charge >= 0.3 is 6.18 Å². The predicted molar refractivity (Wildman–Crippen MR) is 82.5 cm³/mol. The molecule has 5 nitrogen and oxygen atoms in total. The predicted octanol–water partition coefficient (Wildman–Crippen LogP) is 2.41. The van der Waals surface area contributed by atoms with Gasteiger partial charge in [-0.2, -0.15) is 13.2 Å². The molecule has 0 N–H and O–H groups in total. The van der Waals surface area contributed by atoms with Crippen LogP contribution >= 0.6 is 0 Å². The minimum atomic E-state index is -4.42. The molecule has 0 aromatic heterocycles. The molecule has 1 rings (SSSR count). The number of carbonyl (C=O) groups excluding carboxylic acids is 2. The molecule has 1 aromatic rings. The molecular formula is C16H21F3N2O3. The lowest BCUT2D eigenvalue weighted by atomic mass is 10.2. The van der Waals surface area contributed by atoms with E-state index in [2.05, 4.69) is 0 Å². The SMILES string of the molecule is CCN(CC)C(=O)CN(C)C(=O)COc1ccc(C(F)(F)F)cc1. The highest BCUT2D eigenvalue weighted by atomic mass is 19.4. The summed E-state index contributed by atoms with van der Waals surface area (Å²) in [6, 6.07) is 4.06. The van der Waals surface area contributed by atoms with Crippen LogP contribution in [-0.2, 0) is 15.8 Å². The third-order valence-corrected chi connectivity index (χ3v) is 3.46. The van der Waals surface area contributed by atoms with E-state index in [-0.39, 0.29) is 24.8 Å². The maximum Gasteiger partial charge on any atom is 0.416 e. The number of alkyl halides is 3. The van der Waals surface area contributed by atoms with Gasteiger partial charge in [0, 0.05) is 20.1 Å². The van der Waals surface area contributed by atoms with Crippen molar-refractivity contribution in [2.75, 3.05) is 33.3 Å². The van der Waals surface area contributed by atoms with Crippen LogP contribution in [-0.4, -0.2) is 54.9 Å². The number of hydrogen-bond donors (Lipinski definition) is 0. The molecule has 0 saturated heterocycles. The lowest BCUT2D eigenvalue weighted by Gasteiger charge is -2.23. The summed E-state index contributed by atoms with van der Waals surface area (Å²) < 4.78 is 42.5. The van der Waals surface area contributed by atoms with E-state index in [9.17, 15) is 22.8 Å². The highest BCUT2D eigenvalue weighted by Crippen LogP contribution is 2.30. The average molecular weight is 346 g/mol. The molecular weight excluding hydrogens is 325 g/mol. The molecule has 0 atom stereocenters. The van der Waals surface area contributed by atoms with Gasteiger partial charge in [-0.25, -0.2) is 0 Å². The largest absolute Gasteiger partial charge is 0.484 e. The van der Waals surface area contributed by atoms with Crippen molar-refractivity contribution in [1.82, 2.24) is 9.80 Å². The Kier molecular flexibility index (Phi) is 7.06. The van der Waals surface area contributed by atoms with Gasteiger partial charge in [-0.3, -0.25) is 9.59 Å². The molecule has 0 aliphatic rings. The third kappa shape index (κ3) is 5.75. The Morgan fingerprint density at radius 1 is 1.04 bits per heavy atom. The molecule has 134 valence electrons. The monoisotopic (exact) mass is 346 g/mol. The summed E-state index contributed by atoms with van der Waals surface area (Å²) in [6.45, 7) is 4.37. The third-order valence-electron chi connectivity index (χ3n) is 3.46. The smallest absolute Gasteiger partial charge is 0.416 e. The quantitative estimate of drug-likeness (QED) is 0.762. The number of benzene rings is 1. The van der Waals surface area contributed by atoms with E-state index in [4.69, 9.17) is 4.74 Å². The molecule has 1 aromatic carbocycles. The second-order valence-electron chi connectivity index (χ2n) is 5.13. The first-order valence-electron chi connectivity index (χ1n) is 7.50. The van der Waals surface area contributed by atoms with Gasteiger partial charge in [-0.15, -0.1) is 0 Å². The fourth-order valence-electron chi connectivity index (χ4n) is 1.96. The summed E-state index contributed by atoms with van der Waals surface area (Å²) in [4.78, 5) is 26.7. The molecule has 0 spiro atoms. The fraction of sp³-hybridized carbons (Fsp3) is 0.500. The zero-order valence-electron chi connectivity index (χ0n) is 13.9. The molecule has 0 bridgehead atoms. The van der Waals surface area contributed by atoms with Crippen LogP contribution < -0.4 is 4.74 Å². The van der Waals surface area contributed by atoms with Crippen LogP contribution in [0.5, 0.6) is 5.75 Å². The van der Waals surface area contributed by atoms with Gasteiger partial charge < -0.3 is 14.5 Å². The van der Waals surface area contributed by atoms with E-state index in [1.54, 1.807) is 4.90 Å². The number of carbonyl (C=O) groups is 2. The topological polar surface area (TPSA) is 49.9 Å². The highest BCUT2D eigenvalue weighted by molar-refractivity contribution is 5.85. The molecule has 8 heteroatoms. The minimum absolute atomic E-state index is 0.0725. The van der Waals surface area contributed by atoms with E-state index in [1.165, 1.54) is 11.9 Å². The van der Waals surface area contributed by atoms with E-state index >= 15 is 0 Å². The number of rotatable bonds is 7. The standard InChI is InChI=1S/C16H21F3N2O3/c1-4-21(5-2)14(22)10-20(3)15(23)11-24-13-8-6-12(7-9-13)16(17,18)19/h6-9H,4-5,10-11H2,1-3H3. The van der Waals surface area contributed by atoms with Crippen LogP contribution in [0.2, 0.25) is 0 Å². The molecule has 0 heterocycles. The van der Waals surface area contributed by atoms with Gasteiger partial charge in [0.15, 0.2) is 6.61 Å². The molecule has 0 saturated carbocycles. The molecule has 2 amide bonds. The first-order valence-corrected chi connectivity index (χ1v) is 7.50. The first-order chi connectivity index (χ1) is 11.2. The zero-order valence-corrected chi connectivity index (χ0v) is 13.9. The van der Waals surface area contributed by atoms with E-state index < -0.39 is 17.6 Å². The molecule has 0 aliphatic heterocycles. The van der Waals surface area contributed by atoms with Gasteiger partial charge in [-0.05, 0) is 38.1 Å². The van der Waals surface area contributed by atoms with Crippen LogP contribution in [0.15, 0.2) is 24.3 Å². The van der Waals surface area contributed by atoms with Crippen molar-refractivity contribution >= 4 is 11.8 Å². The average Bonchev–Trinajstić information content (AvgIpc) is 2.53. The Balaban J connectivity index is 2.52. The summed E-state index contributed by atoms with van der Waals surface area (Å²) in [6.07, 6.45) is -4.42. The number of amides is 2. The Bertz CT molecular complexity index is 555. The summed E-state index contributed by atoms with van der Waals surface area (Å²) in [5.41, 5.74) is -0.789. The number of ether oxygens (including phenoxy) is 1. The molecule has 0 unspecified atom stereocenters.